The van der Waals surface area contributed by atoms with Crippen LogP contribution in [0.2, 0.25) is 0 Å². The molecule has 6 nitrogen and oxygen atoms in total. The van der Waals surface area contributed by atoms with Gasteiger partial charge < -0.3 is 14.8 Å². The van der Waals surface area contributed by atoms with Crippen LogP contribution in [0, 0.1) is 18.8 Å². The highest BCUT2D eigenvalue weighted by molar-refractivity contribution is 7.15. The van der Waals surface area contributed by atoms with Crippen molar-refractivity contribution in [2.75, 3.05) is 32.6 Å². The molecule has 0 saturated carbocycles. The van der Waals surface area contributed by atoms with Gasteiger partial charge in [0.15, 0.2) is 5.78 Å². The van der Waals surface area contributed by atoms with Gasteiger partial charge >= 0.3 is 5.97 Å². The Balaban J connectivity index is 1.52. The number of Topliss-reactive ketones (excluding diaryl/α,β-unsaturated/α-hetero) is 1. The van der Waals surface area contributed by atoms with Crippen molar-refractivity contribution in [3.63, 3.8) is 0 Å². The van der Waals surface area contributed by atoms with Crippen LogP contribution in [0.3, 0.4) is 0 Å². The maximum absolute atomic E-state index is 14.2. The molecule has 0 unspecified atom stereocenters. The summed E-state index contributed by atoms with van der Waals surface area (Å²) in [6.07, 6.45) is 3.95. The molecular formula is C27H32N2O4S. The molecule has 4 heterocycles. The molecule has 2 fully saturated rings. The van der Waals surface area contributed by atoms with Crippen LogP contribution in [0.4, 0.5) is 5.69 Å². The highest BCUT2D eigenvalue weighted by atomic mass is 32.1. The monoisotopic (exact) mass is 480 g/mol. The van der Waals surface area contributed by atoms with Crippen molar-refractivity contribution in [2.24, 2.45) is 11.8 Å². The zero-order valence-electron chi connectivity index (χ0n) is 20.2. The minimum Gasteiger partial charge on any atom is -0.504 e. The van der Waals surface area contributed by atoms with Gasteiger partial charge in [0.25, 0.3) is 0 Å². The van der Waals surface area contributed by atoms with E-state index in [0.29, 0.717) is 17.9 Å². The maximum atomic E-state index is 14.2. The Morgan fingerprint density at radius 3 is 2.79 bits per heavy atom. The number of nitrogens with zero attached hydrogens (tertiary/aromatic N) is 1. The number of thiophene rings is 1. The van der Waals surface area contributed by atoms with E-state index in [1.165, 1.54) is 18.2 Å². The number of esters is 1. The van der Waals surface area contributed by atoms with E-state index in [2.05, 4.69) is 42.3 Å². The zero-order valence-corrected chi connectivity index (χ0v) is 21.0. The van der Waals surface area contributed by atoms with E-state index in [4.69, 9.17) is 9.47 Å². The van der Waals surface area contributed by atoms with Gasteiger partial charge in [-0.05, 0) is 49.8 Å². The van der Waals surface area contributed by atoms with Crippen LogP contribution in [-0.2, 0) is 14.3 Å². The molecule has 1 N–H and O–H groups in total. The molecule has 0 radical (unpaired) electrons. The molecule has 0 bridgehead atoms. The third-order valence-electron chi connectivity index (χ3n) is 7.97. The smallest absolute Gasteiger partial charge is 0.337 e. The van der Waals surface area contributed by atoms with E-state index >= 15 is 0 Å². The molecule has 1 aromatic heterocycles. The van der Waals surface area contributed by atoms with E-state index in [-0.39, 0.29) is 23.7 Å². The van der Waals surface area contributed by atoms with Gasteiger partial charge in [0.2, 0.25) is 0 Å². The number of anilines is 1. The number of hydrogen-bond donors (Lipinski definition) is 1. The average molecular weight is 481 g/mol. The lowest BCUT2D eigenvalue weighted by atomic mass is 9.72. The zero-order chi connectivity index (χ0) is 24.0. The normalized spacial score (nSPS) is 28.5. The minimum absolute atomic E-state index is 0.00281. The first-order valence-corrected chi connectivity index (χ1v) is 12.8. The van der Waals surface area contributed by atoms with Gasteiger partial charge in [-0.2, -0.15) is 0 Å². The van der Waals surface area contributed by atoms with Gasteiger partial charge in [0, 0.05) is 40.1 Å². The summed E-state index contributed by atoms with van der Waals surface area (Å²) in [6.45, 7) is 5.98. The van der Waals surface area contributed by atoms with E-state index in [1.807, 2.05) is 12.1 Å². The van der Waals surface area contributed by atoms with Gasteiger partial charge in [-0.1, -0.05) is 25.5 Å². The number of piperidine rings is 1. The maximum Gasteiger partial charge on any atom is 0.337 e. The average Bonchev–Trinajstić information content (AvgIpc) is 3.52. The first-order chi connectivity index (χ1) is 16.4. The molecule has 1 aromatic carbocycles. The lowest BCUT2D eigenvalue weighted by Gasteiger charge is -2.45. The van der Waals surface area contributed by atoms with Crippen LogP contribution < -0.4 is 5.32 Å². The number of hydrogen-bond acceptors (Lipinski definition) is 7. The van der Waals surface area contributed by atoms with Crippen molar-refractivity contribution in [3.05, 3.63) is 52.6 Å². The van der Waals surface area contributed by atoms with Crippen LogP contribution in [0.1, 0.15) is 41.4 Å². The van der Waals surface area contributed by atoms with E-state index in [9.17, 15) is 9.59 Å². The largest absolute Gasteiger partial charge is 0.504 e. The van der Waals surface area contributed by atoms with Crippen LogP contribution >= 0.6 is 11.3 Å². The van der Waals surface area contributed by atoms with Crippen molar-refractivity contribution in [1.29, 1.82) is 0 Å². The first kappa shape index (κ1) is 23.1. The summed E-state index contributed by atoms with van der Waals surface area (Å²) in [5, 5.41) is 3.69. The molecular weight excluding hydrogens is 448 g/mol. The Kier molecular flexibility index (Phi) is 6.02. The molecule has 1 spiro atoms. The fourth-order valence-corrected chi connectivity index (χ4v) is 7.23. The number of ketones is 1. The number of nitrogens with one attached hydrogen (secondary N) is 1. The molecule has 0 aliphatic carbocycles. The number of aryl methyl sites for hydroxylation is 1. The van der Waals surface area contributed by atoms with E-state index < -0.39 is 5.54 Å². The molecule has 0 amide bonds. The minimum atomic E-state index is -0.671. The molecule has 3 aliphatic rings. The quantitative estimate of drug-likeness (QED) is 0.373. The lowest BCUT2D eigenvalue weighted by Crippen LogP contribution is -2.57. The Morgan fingerprint density at radius 1 is 1.29 bits per heavy atom. The van der Waals surface area contributed by atoms with Crippen molar-refractivity contribution in [2.45, 2.75) is 44.7 Å². The Hall–Kier alpha value is -2.64. The summed E-state index contributed by atoms with van der Waals surface area (Å²) in [7, 11) is 2.97. The van der Waals surface area contributed by atoms with Gasteiger partial charge in [-0.3, -0.25) is 9.69 Å². The summed E-state index contributed by atoms with van der Waals surface area (Å²) >= 11 is 1.72. The highest BCUT2D eigenvalue weighted by Gasteiger charge is 2.59. The second-order valence-corrected chi connectivity index (χ2v) is 10.9. The predicted molar refractivity (Wildman–Crippen MR) is 134 cm³/mol. The third-order valence-corrected chi connectivity index (χ3v) is 9.00. The Morgan fingerprint density at radius 2 is 2.12 bits per heavy atom. The molecule has 3 aliphatic heterocycles. The fourth-order valence-electron chi connectivity index (χ4n) is 6.33. The summed E-state index contributed by atoms with van der Waals surface area (Å²) in [5.74, 6) is 0.109. The highest BCUT2D eigenvalue weighted by Crippen LogP contribution is 2.50. The fraction of sp³-hybridized carbons (Fsp3) is 0.481. The first-order valence-electron chi connectivity index (χ1n) is 12.0. The van der Waals surface area contributed by atoms with Crippen molar-refractivity contribution < 1.29 is 19.1 Å². The van der Waals surface area contributed by atoms with Gasteiger partial charge in [-0.25, -0.2) is 4.79 Å². The van der Waals surface area contributed by atoms with E-state index in [0.717, 1.165) is 47.6 Å². The van der Waals surface area contributed by atoms with Crippen molar-refractivity contribution in [1.82, 2.24) is 4.90 Å². The second-order valence-electron chi connectivity index (χ2n) is 9.64. The molecule has 4 atom stereocenters. The number of rotatable bonds is 5. The molecule has 7 heteroatoms. The molecule has 5 rings (SSSR count). The van der Waals surface area contributed by atoms with Crippen LogP contribution in [0.15, 0.2) is 42.2 Å². The van der Waals surface area contributed by atoms with E-state index in [1.54, 1.807) is 18.4 Å². The summed E-state index contributed by atoms with van der Waals surface area (Å²) in [4.78, 5) is 31.7. The number of fused-ring (bicyclic) bond motifs is 3. The van der Waals surface area contributed by atoms with Crippen LogP contribution in [0.5, 0.6) is 0 Å². The summed E-state index contributed by atoms with van der Waals surface area (Å²) < 4.78 is 10.4. The Bertz CT molecular complexity index is 1160. The number of ether oxygens (including phenoxy) is 2. The van der Waals surface area contributed by atoms with Gasteiger partial charge in [0.05, 0.1) is 31.6 Å². The number of methoxy groups -OCH3 is 2. The molecule has 2 saturated heterocycles. The topological polar surface area (TPSA) is 67.9 Å². The predicted octanol–water partition coefficient (Wildman–Crippen LogP) is 4.89. The Labute approximate surface area is 204 Å². The number of carbonyl (C=O) groups is 2. The molecule has 180 valence electrons. The van der Waals surface area contributed by atoms with Gasteiger partial charge in [-0.15, -0.1) is 11.3 Å². The van der Waals surface area contributed by atoms with Gasteiger partial charge in [0.1, 0.15) is 5.54 Å². The summed E-state index contributed by atoms with van der Waals surface area (Å²) in [6, 6.07) is 10.3. The van der Waals surface area contributed by atoms with Crippen LogP contribution in [-0.4, -0.2) is 55.5 Å². The van der Waals surface area contributed by atoms with Crippen molar-refractivity contribution in [3.8, 4) is 10.4 Å². The third kappa shape index (κ3) is 3.48. The number of carbonyl (C=O) groups excluding carboxylic acids is 2. The van der Waals surface area contributed by atoms with Crippen LogP contribution in [0.25, 0.3) is 10.4 Å². The summed E-state index contributed by atoms with van der Waals surface area (Å²) in [5.41, 5.74) is 2.63. The molecule has 2 aromatic rings. The van der Waals surface area contributed by atoms with Crippen molar-refractivity contribution >= 4 is 28.8 Å². The number of benzene rings is 1. The lowest BCUT2D eigenvalue weighted by molar-refractivity contribution is -0.137. The second kappa shape index (κ2) is 8.86. The molecule has 34 heavy (non-hydrogen) atoms. The standard InChI is InChI=1S/C27H32N2O4S/c1-5-17-14-29-12-11-27(23(29)13-19(17)20(15-32-3)26(31)33-4)25(30)24-18(7-6-8-21(24)28-27)22-10-9-16(2)34-22/h6-10,15,17,19,23,28H,5,11-14H2,1-4H3/b20-15+/t17-,19+,23+,27+/m1/s1. The SMILES string of the molecule is CC[C@@H]1CN2CC[C@]3(Nc4cccc(-c5ccc(C)s5)c4C3=O)[C@@H]2C[C@@H]1/C(=C\OC)C(=O)OC.